The summed E-state index contributed by atoms with van der Waals surface area (Å²) in [6.07, 6.45) is 0.350. The second-order valence-corrected chi connectivity index (χ2v) is 8.35. The van der Waals surface area contributed by atoms with Crippen molar-refractivity contribution in [2.45, 2.75) is 13.3 Å². The zero-order valence-corrected chi connectivity index (χ0v) is 17.4. The lowest BCUT2D eigenvalue weighted by atomic mass is 9.85. The summed E-state index contributed by atoms with van der Waals surface area (Å²) in [4.78, 5) is 45.1. The first-order valence-electron chi connectivity index (χ1n) is 9.53. The molecule has 2 saturated heterocycles. The van der Waals surface area contributed by atoms with Gasteiger partial charge in [-0.3, -0.25) is 9.59 Å². The van der Waals surface area contributed by atoms with Crippen LogP contribution in [-0.4, -0.2) is 90.8 Å². The zero-order valence-electron chi connectivity index (χ0n) is 16.7. The van der Waals surface area contributed by atoms with Gasteiger partial charge in [-0.15, -0.1) is 0 Å². The molecular weight excluding hydrogens is 380 g/mol. The number of hydrogen-bond donors (Lipinski definition) is 0. The molecule has 1 atom stereocenters. The van der Waals surface area contributed by atoms with Gasteiger partial charge in [-0.2, -0.15) is 0 Å². The highest BCUT2D eigenvalue weighted by Crippen LogP contribution is 2.35. The molecule has 2 heterocycles. The number of benzene rings is 1. The Hall–Kier alpha value is -2.28. The zero-order chi connectivity index (χ0) is 20.5. The molecule has 0 bridgehead atoms. The summed E-state index contributed by atoms with van der Waals surface area (Å²) in [6.45, 7) is 4.94. The summed E-state index contributed by atoms with van der Waals surface area (Å²) in [5.74, 6) is -0.0156. The molecule has 0 aromatic heterocycles. The van der Waals surface area contributed by atoms with Gasteiger partial charge in [-0.25, -0.2) is 4.79 Å². The summed E-state index contributed by atoms with van der Waals surface area (Å²) in [7, 11) is 3.43. The van der Waals surface area contributed by atoms with Crippen LogP contribution in [0.1, 0.15) is 23.7 Å². The van der Waals surface area contributed by atoms with E-state index in [0.717, 1.165) is 0 Å². The second kappa shape index (κ2) is 7.99. The molecule has 152 valence electrons. The molecule has 2 aliphatic heterocycles. The monoisotopic (exact) mass is 406 g/mol. The third-order valence-corrected chi connectivity index (χ3v) is 5.76. The second-order valence-electron chi connectivity index (χ2n) is 7.92. The van der Waals surface area contributed by atoms with Crippen molar-refractivity contribution >= 4 is 29.4 Å². The highest BCUT2D eigenvalue weighted by molar-refractivity contribution is 6.30. The van der Waals surface area contributed by atoms with Gasteiger partial charge in [0.15, 0.2) is 0 Å². The lowest BCUT2D eigenvalue weighted by Crippen LogP contribution is -2.47. The molecule has 7 nitrogen and oxygen atoms in total. The Morgan fingerprint density at radius 1 is 1.07 bits per heavy atom. The van der Waals surface area contributed by atoms with E-state index in [4.69, 9.17) is 11.6 Å². The molecule has 0 radical (unpaired) electrons. The highest BCUT2D eigenvalue weighted by Gasteiger charge is 2.47. The van der Waals surface area contributed by atoms with Gasteiger partial charge in [-0.05, 0) is 31.2 Å². The fourth-order valence-corrected chi connectivity index (χ4v) is 4.26. The molecule has 28 heavy (non-hydrogen) atoms. The van der Waals surface area contributed by atoms with Gasteiger partial charge in [-0.1, -0.05) is 11.6 Å². The van der Waals surface area contributed by atoms with Crippen LogP contribution in [-0.2, 0) is 4.79 Å². The molecule has 4 amide bonds. The van der Waals surface area contributed by atoms with Crippen LogP contribution in [0.4, 0.5) is 4.79 Å². The Labute approximate surface area is 170 Å². The smallest absolute Gasteiger partial charge is 0.319 e. The van der Waals surface area contributed by atoms with Crippen LogP contribution in [0.5, 0.6) is 0 Å². The van der Waals surface area contributed by atoms with Gasteiger partial charge in [0, 0.05) is 75.8 Å². The van der Waals surface area contributed by atoms with Gasteiger partial charge in [0.1, 0.15) is 0 Å². The number of carbonyl (C=O) groups is 3. The number of likely N-dealkylation sites (tertiary alicyclic amines) is 1. The average Bonchev–Trinajstić information content (AvgIpc) is 2.86. The van der Waals surface area contributed by atoms with Gasteiger partial charge in [0.2, 0.25) is 5.91 Å². The van der Waals surface area contributed by atoms with Gasteiger partial charge < -0.3 is 19.6 Å². The van der Waals surface area contributed by atoms with Crippen LogP contribution < -0.4 is 0 Å². The molecule has 0 N–H and O–H groups in total. The minimum atomic E-state index is -0.447. The van der Waals surface area contributed by atoms with E-state index in [-0.39, 0.29) is 17.8 Å². The first-order valence-corrected chi connectivity index (χ1v) is 9.91. The summed E-state index contributed by atoms with van der Waals surface area (Å²) < 4.78 is 0. The van der Waals surface area contributed by atoms with E-state index in [2.05, 4.69) is 0 Å². The van der Waals surface area contributed by atoms with Crippen molar-refractivity contribution in [1.29, 1.82) is 0 Å². The van der Waals surface area contributed by atoms with Crippen LogP contribution in [0.2, 0.25) is 5.02 Å². The lowest BCUT2D eigenvalue weighted by Gasteiger charge is -2.34. The van der Waals surface area contributed by atoms with Crippen LogP contribution in [0, 0.1) is 5.41 Å². The molecule has 2 fully saturated rings. The SMILES string of the molecule is CCN1C[C@@]2(CC1=O)CN(C(=O)c1ccc(Cl)cc1)CCN(C(=O)N(C)C)C2. The van der Waals surface area contributed by atoms with E-state index < -0.39 is 5.41 Å². The molecule has 0 aliphatic carbocycles. The standard InChI is InChI=1S/C20H27ClN4O3/c1-4-23-12-20(11-17(23)26)13-24(9-10-25(14-20)19(28)22(2)3)18(27)15-5-7-16(21)8-6-15/h5-8H,4,9-14H2,1-3H3/t20-/m0/s1. The number of nitrogens with zero attached hydrogens (tertiary/aromatic N) is 4. The first-order chi connectivity index (χ1) is 13.2. The van der Waals surface area contributed by atoms with Crippen molar-refractivity contribution in [2.24, 2.45) is 5.41 Å². The topological polar surface area (TPSA) is 64.2 Å². The molecule has 0 unspecified atom stereocenters. The molecule has 8 heteroatoms. The Morgan fingerprint density at radius 2 is 1.68 bits per heavy atom. The van der Waals surface area contributed by atoms with Gasteiger partial charge in [0.05, 0.1) is 0 Å². The van der Waals surface area contributed by atoms with Crippen LogP contribution in [0.25, 0.3) is 0 Å². The van der Waals surface area contributed by atoms with E-state index in [1.807, 2.05) is 11.8 Å². The van der Waals surface area contributed by atoms with Crippen LogP contribution in [0.15, 0.2) is 24.3 Å². The quantitative estimate of drug-likeness (QED) is 0.754. The van der Waals surface area contributed by atoms with E-state index in [1.54, 1.807) is 53.1 Å². The molecule has 1 spiro atoms. The average molecular weight is 407 g/mol. The molecule has 3 rings (SSSR count). The maximum atomic E-state index is 13.1. The van der Waals surface area contributed by atoms with Crippen molar-refractivity contribution < 1.29 is 14.4 Å². The third-order valence-electron chi connectivity index (χ3n) is 5.51. The maximum absolute atomic E-state index is 13.1. The molecule has 1 aromatic carbocycles. The number of amides is 4. The van der Waals surface area contributed by atoms with Crippen molar-refractivity contribution in [3.63, 3.8) is 0 Å². The lowest BCUT2D eigenvalue weighted by molar-refractivity contribution is -0.127. The van der Waals surface area contributed by atoms with E-state index in [1.165, 1.54) is 0 Å². The summed E-state index contributed by atoms with van der Waals surface area (Å²) in [5, 5.41) is 0.576. The fraction of sp³-hybridized carbons (Fsp3) is 0.550. The van der Waals surface area contributed by atoms with Crippen LogP contribution >= 0.6 is 11.6 Å². The minimum absolute atomic E-state index is 0.0838. The Balaban J connectivity index is 1.89. The fourth-order valence-electron chi connectivity index (χ4n) is 4.14. The summed E-state index contributed by atoms with van der Waals surface area (Å²) >= 11 is 5.94. The van der Waals surface area contributed by atoms with E-state index >= 15 is 0 Å². The molecular formula is C20H27ClN4O3. The van der Waals surface area contributed by atoms with E-state index in [9.17, 15) is 14.4 Å². The molecule has 2 aliphatic rings. The van der Waals surface area contributed by atoms with Crippen LogP contribution in [0.3, 0.4) is 0 Å². The van der Waals surface area contributed by atoms with E-state index in [0.29, 0.717) is 56.3 Å². The Morgan fingerprint density at radius 3 is 2.25 bits per heavy atom. The normalized spacial score (nSPS) is 22.6. The minimum Gasteiger partial charge on any atom is -0.342 e. The molecule has 1 aromatic rings. The number of carbonyl (C=O) groups excluding carboxylic acids is 3. The first kappa shape index (κ1) is 20.5. The number of urea groups is 1. The summed E-state index contributed by atoms with van der Waals surface area (Å²) in [6, 6.07) is 6.72. The number of hydrogen-bond acceptors (Lipinski definition) is 3. The maximum Gasteiger partial charge on any atom is 0.319 e. The van der Waals surface area contributed by atoms with Crippen molar-refractivity contribution in [2.75, 3.05) is 53.4 Å². The largest absolute Gasteiger partial charge is 0.342 e. The number of halogens is 1. The predicted octanol–water partition coefficient (Wildman–Crippen LogP) is 2.02. The number of rotatable bonds is 2. The van der Waals surface area contributed by atoms with Crippen molar-refractivity contribution in [3.8, 4) is 0 Å². The Kier molecular flexibility index (Phi) is 5.84. The van der Waals surface area contributed by atoms with Crippen molar-refractivity contribution in [3.05, 3.63) is 34.9 Å². The Bertz CT molecular complexity index is 767. The third kappa shape index (κ3) is 4.09. The van der Waals surface area contributed by atoms with Gasteiger partial charge >= 0.3 is 6.03 Å². The van der Waals surface area contributed by atoms with Crippen molar-refractivity contribution in [1.82, 2.24) is 19.6 Å². The molecule has 0 saturated carbocycles. The summed E-state index contributed by atoms with van der Waals surface area (Å²) in [5.41, 5.74) is 0.112. The predicted molar refractivity (Wildman–Crippen MR) is 107 cm³/mol. The van der Waals surface area contributed by atoms with Gasteiger partial charge in [0.25, 0.3) is 5.91 Å². The highest BCUT2D eigenvalue weighted by atomic mass is 35.5.